The van der Waals surface area contributed by atoms with Crippen LogP contribution in [0.5, 0.6) is 0 Å². The van der Waals surface area contributed by atoms with E-state index in [0.717, 1.165) is 6.42 Å². The largest absolute Gasteiger partial charge is 0.326 e. The highest BCUT2D eigenvalue weighted by molar-refractivity contribution is 5.32. The molecule has 0 aromatic heterocycles. The minimum atomic E-state index is 0.458. The van der Waals surface area contributed by atoms with Crippen molar-refractivity contribution in [3.05, 3.63) is 48.0 Å². The van der Waals surface area contributed by atoms with Gasteiger partial charge in [-0.15, -0.1) is 6.58 Å². The number of rotatable bonds is 5. The van der Waals surface area contributed by atoms with Gasteiger partial charge in [-0.3, -0.25) is 0 Å². The van der Waals surface area contributed by atoms with Crippen molar-refractivity contribution in [3.8, 4) is 0 Å². The van der Waals surface area contributed by atoms with Crippen LogP contribution in [0.4, 0.5) is 0 Å². The molecule has 0 bridgehead atoms. The SMILES string of the molecule is C=CC(CCC)c1ccccc1CN. The van der Waals surface area contributed by atoms with Gasteiger partial charge in [0.05, 0.1) is 0 Å². The summed E-state index contributed by atoms with van der Waals surface area (Å²) in [7, 11) is 0. The lowest BCUT2D eigenvalue weighted by Crippen LogP contribution is -2.04. The van der Waals surface area contributed by atoms with Gasteiger partial charge in [-0.05, 0) is 17.5 Å². The van der Waals surface area contributed by atoms with Crippen LogP contribution in [0.15, 0.2) is 36.9 Å². The zero-order valence-electron chi connectivity index (χ0n) is 8.87. The molecule has 2 N–H and O–H groups in total. The van der Waals surface area contributed by atoms with Crippen molar-refractivity contribution < 1.29 is 0 Å². The van der Waals surface area contributed by atoms with Crippen LogP contribution in [-0.2, 0) is 6.54 Å². The van der Waals surface area contributed by atoms with Crippen molar-refractivity contribution in [2.24, 2.45) is 5.73 Å². The van der Waals surface area contributed by atoms with Crippen molar-refractivity contribution in [1.82, 2.24) is 0 Å². The summed E-state index contributed by atoms with van der Waals surface area (Å²) in [4.78, 5) is 0. The predicted octanol–water partition coefficient (Wildman–Crippen LogP) is 3.22. The lowest BCUT2D eigenvalue weighted by atomic mass is 9.91. The van der Waals surface area contributed by atoms with Crippen LogP contribution >= 0.6 is 0 Å². The lowest BCUT2D eigenvalue weighted by Gasteiger charge is -2.15. The molecule has 1 heteroatoms. The maximum atomic E-state index is 5.70. The number of hydrogen-bond donors (Lipinski definition) is 1. The first-order chi connectivity index (χ1) is 6.83. The van der Waals surface area contributed by atoms with Crippen molar-refractivity contribution in [2.45, 2.75) is 32.2 Å². The van der Waals surface area contributed by atoms with Gasteiger partial charge >= 0.3 is 0 Å². The molecule has 0 aliphatic carbocycles. The Morgan fingerprint density at radius 3 is 2.71 bits per heavy atom. The first-order valence-corrected chi connectivity index (χ1v) is 5.23. The second-order valence-corrected chi connectivity index (χ2v) is 3.53. The molecular weight excluding hydrogens is 170 g/mol. The van der Waals surface area contributed by atoms with E-state index >= 15 is 0 Å². The summed E-state index contributed by atoms with van der Waals surface area (Å²) in [6.45, 7) is 6.70. The van der Waals surface area contributed by atoms with E-state index in [0.29, 0.717) is 12.5 Å². The van der Waals surface area contributed by atoms with Gasteiger partial charge in [-0.2, -0.15) is 0 Å². The van der Waals surface area contributed by atoms with Gasteiger partial charge < -0.3 is 5.73 Å². The van der Waals surface area contributed by atoms with Gasteiger partial charge in [0.2, 0.25) is 0 Å². The Balaban J connectivity index is 2.95. The Morgan fingerprint density at radius 2 is 2.14 bits per heavy atom. The molecule has 0 amide bonds. The van der Waals surface area contributed by atoms with Crippen LogP contribution < -0.4 is 5.73 Å². The molecule has 0 saturated heterocycles. The number of nitrogens with two attached hydrogens (primary N) is 1. The van der Waals surface area contributed by atoms with Crippen molar-refractivity contribution in [3.63, 3.8) is 0 Å². The van der Waals surface area contributed by atoms with Gasteiger partial charge in [-0.1, -0.05) is 43.7 Å². The first-order valence-electron chi connectivity index (χ1n) is 5.23. The molecule has 0 spiro atoms. The molecule has 0 aliphatic rings. The normalized spacial score (nSPS) is 12.4. The zero-order chi connectivity index (χ0) is 10.4. The molecule has 1 aromatic carbocycles. The van der Waals surface area contributed by atoms with Crippen LogP contribution in [-0.4, -0.2) is 0 Å². The highest BCUT2D eigenvalue weighted by Gasteiger charge is 2.09. The molecular formula is C13H19N. The maximum Gasteiger partial charge on any atom is 0.0181 e. The Bertz CT molecular complexity index is 291. The smallest absolute Gasteiger partial charge is 0.0181 e. The molecule has 76 valence electrons. The minimum Gasteiger partial charge on any atom is -0.326 e. The monoisotopic (exact) mass is 189 g/mol. The van der Waals surface area contributed by atoms with Crippen LogP contribution in [0.2, 0.25) is 0 Å². The Morgan fingerprint density at radius 1 is 1.43 bits per heavy atom. The van der Waals surface area contributed by atoms with Gasteiger partial charge in [0.1, 0.15) is 0 Å². The molecule has 1 unspecified atom stereocenters. The summed E-state index contributed by atoms with van der Waals surface area (Å²) in [5, 5.41) is 0. The molecule has 0 fully saturated rings. The van der Waals surface area contributed by atoms with E-state index in [9.17, 15) is 0 Å². The molecule has 0 aliphatic heterocycles. The molecule has 1 atom stereocenters. The second kappa shape index (κ2) is 5.61. The average molecular weight is 189 g/mol. The number of hydrogen-bond acceptors (Lipinski definition) is 1. The predicted molar refractivity (Wildman–Crippen MR) is 62.2 cm³/mol. The summed E-state index contributed by atoms with van der Waals surface area (Å²) < 4.78 is 0. The highest BCUT2D eigenvalue weighted by Crippen LogP contribution is 2.25. The third-order valence-corrected chi connectivity index (χ3v) is 2.56. The zero-order valence-corrected chi connectivity index (χ0v) is 8.87. The standard InChI is InChI=1S/C13H19N/c1-3-7-11(4-2)13-9-6-5-8-12(13)10-14/h4-6,8-9,11H,2-3,7,10,14H2,1H3. The van der Waals surface area contributed by atoms with E-state index < -0.39 is 0 Å². The minimum absolute atomic E-state index is 0.458. The fourth-order valence-electron chi connectivity index (χ4n) is 1.79. The molecule has 1 nitrogen and oxygen atoms in total. The molecule has 1 aromatic rings. The van der Waals surface area contributed by atoms with Crippen molar-refractivity contribution in [1.29, 1.82) is 0 Å². The van der Waals surface area contributed by atoms with Crippen molar-refractivity contribution >= 4 is 0 Å². The third-order valence-electron chi connectivity index (χ3n) is 2.56. The molecule has 0 saturated carbocycles. The Hall–Kier alpha value is -1.08. The molecule has 1 rings (SSSR count). The number of benzene rings is 1. The van der Waals surface area contributed by atoms with Crippen LogP contribution in [0.1, 0.15) is 36.8 Å². The summed E-state index contributed by atoms with van der Waals surface area (Å²) in [5.74, 6) is 0.458. The van der Waals surface area contributed by atoms with E-state index in [1.165, 1.54) is 17.5 Å². The Kier molecular flexibility index (Phi) is 4.41. The lowest BCUT2D eigenvalue weighted by molar-refractivity contribution is 0.710. The van der Waals surface area contributed by atoms with Crippen LogP contribution in [0, 0.1) is 0 Å². The quantitative estimate of drug-likeness (QED) is 0.707. The summed E-state index contributed by atoms with van der Waals surface area (Å²) in [5.41, 5.74) is 8.29. The van der Waals surface area contributed by atoms with Gasteiger partial charge in [0.25, 0.3) is 0 Å². The summed E-state index contributed by atoms with van der Waals surface area (Å²) in [6, 6.07) is 8.37. The fraction of sp³-hybridized carbons (Fsp3) is 0.385. The molecule has 0 heterocycles. The van der Waals surface area contributed by atoms with E-state index in [1.54, 1.807) is 0 Å². The topological polar surface area (TPSA) is 26.0 Å². The summed E-state index contributed by atoms with van der Waals surface area (Å²) >= 11 is 0. The second-order valence-electron chi connectivity index (χ2n) is 3.53. The highest BCUT2D eigenvalue weighted by atomic mass is 14.5. The average Bonchev–Trinajstić information content (AvgIpc) is 2.26. The summed E-state index contributed by atoms with van der Waals surface area (Å²) in [6.07, 6.45) is 4.36. The number of allylic oxidation sites excluding steroid dienone is 1. The van der Waals surface area contributed by atoms with Gasteiger partial charge in [-0.25, -0.2) is 0 Å². The molecule has 0 radical (unpaired) electrons. The van der Waals surface area contributed by atoms with Crippen LogP contribution in [0.3, 0.4) is 0 Å². The van der Waals surface area contributed by atoms with Crippen LogP contribution in [0.25, 0.3) is 0 Å². The Labute approximate surface area is 86.6 Å². The third kappa shape index (κ3) is 2.46. The first kappa shape index (κ1) is 11.0. The van der Waals surface area contributed by atoms with Gasteiger partial charge in [0, 0.05) is 12.5 Å². The van der Waals surface area contributed by atoms with E-state index in [4.69, 9.17) is 5.73 Å². The van der Waals surface area contributed by atoms with Crippen molar-refractivity contribution in [2.75, 3.05) is 0 Å². The van der Waals surface area contributed by atoms with E-state index in [2.05, 4.69) is 31.7 Å². The van der Waals surface area contributed by atoms with E-state index in [-0.39, 0.29) is 0 Å². The van der Waals surface area contributed by atoms with E-state index in [1.807, 2.05) is 12.1 Å². The maximum absolute atomic E-state index is 5.70. The fourth-order valence-corrected chi connectivity index (χ4v) is 1.79. The molecule has 14 heavy (non-hydrogen) atoms. The van der Waals surface area contributed by atoms with Gasteiger partial charge in [0.15, 0.2) is 0 Å².